The van der Waals surface area contributed by atoms with Gasteiger partial charge in [-0.1, -0.05) is 12.1 Å². The first-order chi connectivity index (χ1) is 8.02. The molecule has 0 unspecified atom stereocenters. The number of ether oxygens (including phenoxy) is 3. The van der Waals surface area contributed by atoms with Crippen molar-refractivity contribution in [1.82, 2.24) is 5.32 Å². The third-order valence-corrected chi connectivity index (χ3v) is 2.39. The Morgan fingerprint density at radius 3 is 2.94 bits per heavy atom. The number of carbonyl (C=O) groups is 1. The number of para-hydroxylation sites is 1. The van der Waals surface area contributed by atoms with E-state index in [1.165, 1.54) is 7.05 Å². The largest absolute Gasteiger partial charge is 0.459 e. The van der Waals surface area contributed by atoms with Gasteiger partial charge in [0.2, 0.25) is 5.79 Å². The lowest BCUT2D eigenvalue weighted by molar-refractivity contribution is -0.180. The molecule has 1 heterocycles. The summed E-state index contributed by atoms with van der Waals surface area (Å²) in [6.07, 6.45) is -0.522. The maximum atomic E-state index is 11.2. The molecule has 0 saturated heterocycles. The van der Waals surface area contributed by atoms with Crippen LogP contribution in [0.1, 0.15) is 19.4 Å². The molecule has 0 radical (unpaired) electrons. The van der Waals surface area contributed by atoms with Crippen molar-refractivity contribution < 1.29 is 19.0 Å². The van der Waals surface area contributed by atoms with Gasteiger partial charge in [-0.05, 0) is 6.07 Å². The summed E-state index contributed by atoms with van der Waals surface area (Å²) >= 11 is 0. The highest BCUT2D eigenvalue weighted by Gasteiger charge is 2.30. The molecule has 0 aliphatic carbocycles. The third kappa shape index (κ3) is 2.50. The Kier molecular flexibility index (Phi) is 2.93. The van der Waals surface area contributed by atoms with Gasteiger partial charge in [0.05, 0.1) is 6.61 Å². The number of rotatable bonds is 1. The van der Waals surface area contributed by atoms with Gasteiger partial charge in [0.1, 0.15) is 0 Å². The van der Waals surface area contributed by atoms with E-state index in [1.807, 2.05) is 19.9 Å². The number of carbonyl (C=O) groups excluding carboxylic acids is 1. The first-order valence-electron chi connectivity index (χ1n) is 5.36. The highest BCUT2D eigenvalue weighted by Crippen LogP contribution is 2.38. The second-order valence-electron chi connectivity index (χ2n) is 4.17. The molecule has 0 saturated carbocycles. The van der Waals surface area contributed by atoms with Gasteiger partial charge in [-0.2, -0.15) is 0 Å². The van der Waals surface area contributed by atoms with Crippen molar-refractivity contribution in [3.63, 3.8) is 0 Å². The molecule has 17 heavy (non-hydrogen) atoms. The molecule has 1 aromatic rings. The van der Waals surface area contributed by atoms with Crippen LogP contribution in [0.5, 0.6) is 11.5 Å². The Morgan fingerprint density at radius 1 is 1.47 bits per heavy atom. The molecule has 1 N–H and O–H groups in total. The fourth-order valence-corrected chi connectivity index (χ4v) is 1.55. The van der Waals surface area contributed by atoms with Crippen molar-refractivity contribution in [3.05, 3.63) is 23.8 Å². The second kappa shape index (κ2) is 4.25. The van der Waals surface area contributed by atoms with Crippen LogP contribution in [0.2, 0.25) is 0 Å². The molecule has 1 aliphatic rings. The molecule has 1 amide bonds. The predicted octanol–water partition coefficient (Wildman–Crippen LogP) is 2.05. The average molecular weight is 237 g/mol. The monoisotopic (exact) mass is 237 g/mol. The van der Waals surface area contributed by atoms with E-state index in [2.05, 4.69) is 5.32 Å². The van der Waals surface area contributed by atoms with Crippen molar-refractivity contribution in [2.75, 3.05) is 7.05 Å². The third-order valence-electron chi connectivity index (χ3n) is 2.39. The van der Waals surface area contributed by atoms with E-state index in [0.29, 0.717) is 18.1 Å². The van der Waals surface area contributed by atoms with E-state index in [4.69, 9.17) is 14.2 Å². The molecule has 0 fully saturated rings. The minimum atomic E-state index is -0.713. The second-order valence-corrected chi connectivity index (χ2v) is 4.17. The summed E-state index contributed by atoms with van der Waals surface area (Å²) in [5.41, 5.74) is 0.866. The summed E-state index contributed by atoms with van der Waals surface area (Å²) in [6, 6.07) is 5.36. The van der Waals surface area contributed by atoms with Crippen molar-refractivity contribution >= 4 is 6.09 Å². The number of nitrogens with one attached hydrogen (secondary N) is 1. The lowest BCUT2D eigenvalue weighted by Crippen LogP contribution is -2.35. The van der Waals surface area contributed by atoms with E-state index < -0.39 is 11.9 Å². The normalized spacial score (nSPS) is 16.6. The lowest BCUT2D eigenvalue weighted by Gasteiger charge is -2.33. The fourth-order valence-electron chi connectivity index (χ4n) is 1.55. The summed E-state index contributed by atoms with van der Waals surface area (Å²) in [7, 11) is 1.51. The molecule has 2 rings (SSSR count). The van der Waals surface area contributed by atoms with Crippen molar-refractivity contribution in [2.45, 2.75) is 26.2 Å². The van der Waals surface area contributed by atoms with Crippen LogP contribution in [0.15, 0.2) is 18.2 Å². The SMILES string of the molecule is CNC(=O)Oc1cccc2c1OC(C)(C)OC2. The summed E-state index contributed by atoms with van der Waals surface area (Å²) in [5, 5.41) is 2.39. The number of benzene rings is 1. The Hall–Kier alpha value is -1.75. The molecule has 1 aromatic carbocycles. The highest BCUT2D eigenvalue weighted by atomic mass is 16.7. The van der Waals surface area contributed by atoms with E-state index in [-0.39, 0.29) is 0 Å². The van der Waals surface area contributed by atoms with E-state index in [1.54, 1.807) is 12.1 Å². The van der Waals surface area contributed by atoms with Crippen LogP contribution < -0.4 is 14.8 Å². The Labute approximate surface area is 99.7 Å². The molecular formula is C12H15NO4. The first-order valence-corrected chi connectivity index (χ1v) is 5.36. The zero-order chi connectivity index (χ0) is 12.5. The molecule has 0 aromatic heterocycles. The summed E-state index contributed by atoms with van der Waals surface area (Å²) in [6.45, 7) is 4.06. The van der Waals surface area contributed by atoms with Gasteiger partial charge < -0.3 is 19.5 Å². The summed E-state index contributed by atoms with van der Waals surface area (Å²) in [5.74, 6) is 0.250. The van der Waals surface area contributed by atoms with Gasteiger partial charge in [0, 0.05) is 26.5 Å². The first kappa shape index (κ1) is 11.7. The maximum Gasteiger partial charge on any atom is 0.412 e. The van der Waals surface area contributed by atoms with Crippen LogP contribution in [-0.4, -0.2) is 18.9 Å². The lowest BCUT2D eigenvalue weighted by atomic mass is 10.1. The maximum absolute atomic E-state index is 11.2. The van der Waals surface area contributed by atoms with Crippen molar-refractivity contribution in [3.8, 4) is 11.5 Å². The number of amides is 1. The smallest absolute Gasteiger partial charge is 0.412 e. The summed E-state index contributed by atoms with van der Waals surface area (Å²) in [4.78, 5) is 11.2. The molecule has 5 heteroatoms. The van der Waals surface area contributed by atoms with E-state index in [9.17, 15) is 4.79 Å². The van der Waals surface area contributed by atoms with Gasteiger partial charge in [-0.25, -0.2) is 4.79 Å². The van der Waals surface area contributed by atoms with Gasteiger partial charge >= 0.3 is 6.09 Å². The molecule has 0 atom stereocenters. The van der Waals surface area contributed by atoms with Crippen LogP contribution in [0, 0.1) is 0 Å². The van der Waals surface area contributed by atoms with Crippen LogP contribution in [-0.2, 0) is 11.3 Å². The molecular weight excluding hydrogens is 222 g/mol. The molecule has 92 valence electrons. The topological polar surface area (TPSA) is 56.8 Å². The zero-order valence-electron chi connectivity index (χ0n) is 10.1. The highest BCUT2D eigenvalue weighted by molar-refractivity contribution is 5.71. The van der Waals surface area contributed by atoms with Crippen LogP contribution >= 0.6 is 0 Å². The van der Waals surface area contributed by atoms with Gasteiger partial charge in [-0.3, -0.25) is 0 Å². The summed E-state index contributed by atoms with van der Waals surface area (Å²) < 4.78 is 16.3. The van der Waals surface area contributed by atoms with Crippen molar-refractivity contribution in [2.24, 2.45) is 0 Å². The molecule has 5 nitrogen and oxygen atoms in total. The minimum Gasteiger partial charge on any atom is -0.459 e. The van der Waals surface area contributed by atoms with E-state index in [0.717, 1.165) is 5.56 Å². The molecule has 0 bridgehead atoms. The van der Waals surface area contributed by atoms with Gasteiger partial charge in [0.15, 0.2) is 11.5 Å². The van der Waals surface area contributed by atoms with Crippen LogP contribution in [0.25, 0.3) is 0 Å². The number of hydrogen-bond donors (Lipinski definition) is 1. The minimum absolute atomic E-state index is 0.401. The average Bonchev–Trinajstić information content (AvgIpc) is 2.29. The Bertz CT molecular complexity index is 442. The zero-order valence-corrected chi connectivity index (χ0v) is 10.1. The standard InChI is InChI=1S/C12H15NO4/c1-12(2)15-7-8-5-4-6-9(10(8)17-12)16-11(14)13-3/h4-6H,7H2,1-3H3,(H,13,14). The predicted molar refractivity (Wildman–Crippen MR) is 61.0 cm³/mol. The molecule has 1 aliphatic heterocycles. The quantitative estimate of drug-likeness (QED) is 0.812. The number of fused-ring (bicyclic) bond motifs is 1. The Morgan fingerprint density at radius 2 is 2.24 bits per heavy atom. The Balaban J connectivity index is 2.32. The fraction of sp³-hybridized carbons (Fsp3) is 0.417. The molecule has 0 spiro atoms. The van der Waals surface area contributed by atoms with Gasteiger partial charge in [-0.15, -0.1) is 0 Å². The number of hydrogen-bond acceptors (Lipinski definition) is 4. The van der Waals surface area contributed by atoms with Crippen LogP contribution in [0.3, 0.4) is 0 Å². The van der Waals surface area contributed by atoms with E-state index >= 15 is 0 Å². The van der Waals surface area contributed by atoms with Crippen molar-refractivity contribution in [1.29, 1.82) is 0 Å². The van der Waals surface area contributed by atoms with Crippen LogP contribution in [0.4, 0.5) is 4.79 Å². The van der Waals surface area contributed by atoms with Gasteiger partial charge in [0.25, 0.3) is 0 Å².